The van der Waals surface area contributed by atoms with Crippen LogP contribution in [0.4, 0.5) is 0 Å². The molecule has 1 unspecified atom stereocenters. The fourth-order valence-corrected chi connectivity index (χ4v) is 3.57. The van der Waals surface area contributed by atoms with Crippen molar-refractivity contribution in [3.8, 4) is 11.1 Å². The van der Waals surface area contributed by atoms with Crippen LogP contribution < -0.4 is 22.4 Å². The first kappa shape index (κ1) is 24.0. The van der Waals surface area contributed by atoms with Gasteiger partial charge < -0.3 is 21.3 Å². The first-order valence-electron chi connectivity index (χ1n) is 10.9. The second-order valence-electron chi connectivity index (χ2n) is 8.06. The molecule has 3 aromatic rings. The molecule has 0 radical (unpaired) electrons. The Labute approximate surface area is 194 Å². The van der Waals surface area contributed by atoms with E-state index in [9.17, 15) is 4.79 Å². The summed E-state index contributed by atoms with van der Waals surface area (Å²) < 4.78 is 5.53. The predicted octanol–water partition coefficient (Wildman–Crippen LogP) is 3.29. The summed E-state index contributed by atoms with van der Waals surface area (Å²) in [5, 5.41) is 7.07. The molecule has 0 heterocycles. The number of benzene rings is 3. The zero-order chi connectivity index (χ0) is 23.6. The largest absolute Gasteiger partial charge is 0.460 e. The van der Waals surface area contributed by atoms with Gasteiger partial charge in [-0.3, -0.25) is 4.79 Å². The number of hydrazine groups is 1. The van der Waals surface area contributed by atoms with E-state index in [2.05, 4.69) is 15.8 Å². The smallest absolute Gasteiger partial charge is 0.323 e. The summed E-state index contributed by atoms with van der Waals surface area (Å²) in [6.45, 7) is 4.82. The second-order valence-corrected chi connectivity index (χ2v) is 8.06. The summed E-state index contributed by atoms with van der Waals surface area (Å²) >= 11 is 0. The molecule has 0 aliphatic rings. The molecule has 0 amide bonds. The molecule has 6 N–H and O–H groups in total. The number of esters is 1. The molecule has 0 bridgehead atoms. The average molecular weight is 446 g/mol. The van der Waals surface area contributed by atoms with Crippen LogP contribution >= 0.6 is 0 Å². The maximum Gasteiger partial charge on any atom is 0.323 e. The first-order chi connectivity index (χ1) is 16.0. The predicted molar refractivity (Wildman–Crippen MR) is 132 cm³/mol. The normalized spacial score (nSPS) is 12.4. The number of amidine groups is 1. The van der Waals surface area contributed by atoms with Crippen LogP contribution in [0.3, 0.4) is 0 Å². The van der Waals surface area contributed by atoms with E-state index in [0.717, 1.165) is 27.8 Å². The molecule has 0 aliphatic heterocycles. The number of rotatable bonds is 9. The molecule has 0 aromatic heterocycles. The van der Waals surface area contributed by atoms with Gasteiger partial charge in [-0.2, -0.15) is 5.10 Å². The van der Waals surface area contributed by atoms with Gasteiger partial charge in [-0.15, -0.1) is 0 Å². The molecular formula is C26H31N5O2. The van der Waals surface area contributed by atoms with Gasteiger partial charge in [0.1, 0.15) is 12.6 Å². The molecular weight excluding hydrogens is 414 g/mol. The quantitative estimate of drug-likeness (QED) is 0.132. The Balaban J connectivity index is 1.65. The van der Waals surface area contributed by atoms with Crippen molar-refractivity contribution in [3.05, 3.63) is 95.6 Å². The van der Waals surface area contributed by atoms with Crippen LogP contribution in [0.2, 0.25) is 0 Å². The Morgan fingerprint density at radius 3 is 2.24 bits per heavy atom. The lowest BCUT2D eigenvalue weighted by Crippen LogP contribution is -2.41. The number of nitrogens with zero attached hydrogens (tertiary/aromatic N) is 1. The summed E-state index contributed by atoms with van der Waals surface area (Å²) in [5.41, 5.74) is 7.35. The van der Waals surface area contributed by atoms with Crippen molar-refractivity contribution in [2.75, 3.05) is 0 Å². The minimum atomic E-state index is -0.395. The van der Waals surface area contributed by atoms with E-state index in [4.69, 9.17) is 16.4 Å². The van der Waals surface area contributed by atoms with Crippen LogP contribution in [0.25, 0.3) is 11.1 Å². The molecule has 172 valence electrons. The standard InChI is InChI=1S/C26H31N5O2/c1-18(2)24(26(32)33-17-20-8-4-3-5-9-20)29-16-19-12-14-21(15-13-19)22-10-6-7-11-23(22)25(30-27)31-28/h3-15,18,24,29H,16-17,27-28H2,1-2H3,(H,30,31). The number of nitrogens with one attached hydrogen (secondary N) is 2. The van der Waals surface area contributed by atoms with Gasteiger partial charge in [-0.25, -0.2) is 5.84 Å². The molecule has 0 spiro atoms. The highest BCUT2D eigenvalue weighted by Gasteiger charge is 2.23. The van der Waals surface area contributed by atoms with Crippen LogP contribution in [0.5, 0.6) is 0 Å². The number of hydrazone groups is 1. The van der Waals surface area contributed by atoms with Crippen LogP contribution in [0.15, 0.2) is 84.0 Å². The van der Waals surface area contributed by atoms with Crippen molar-refractivity contribution < 1.29 is 9.53 Å². The lowest BCUT2D eigenvalue weighted by atomic mass is 9.98. The molecule has 7 heteroatoms. The van der Waals surface area contributed by atoms with Crippen LogP contribution in [0, 0.1) is 5.92 Å². The minimum Gasteiger partial charge on any atom is -0.460 e. The fourth-order valence-electron chi connectivity index (χ4n) is 3.57. The van der Waals surface area contributed by atoms with E-state index in [1.807, 2.05) is 92.7 Å². The monoisotopic (exact) mass is 445 g/mol. The second kappa shape index (κ2) is 11.8. The highest BCUT2D eigenvalue weighted by Crippen LogP contribution is 2.24. The summed E-state index contributed by atoms with van der Waals surface area (Å²) in [6, 6.07) is 25.1. The molecule has 3 rings (SSSR count). The zero-order valence-corrected chi connectivity index (χ0v) is 19.0. The Kier molecular flexibility index (Phi) is 8.57. The third-order valence-corrected chi connectivity index (χ3v) is 5.38. The topological polar surface area (TPSA) is 115 Å². The highest BCUT2D eigenvalue weighted by molar-refractivity contribution is 6.04. The van der Waals surface area contributed by atoms with Gasteiger partial charge in [0.05, 0.1) is 0 Å². The maximum absolute atomic E-state index is 12.7. The van der Waals surface area contributed by atoms with Gasteiger partial charge in [-0.05, 0) is 28.2 Å². The van der Waals surface area contributed by atoms with Crippen molar-refractivity contribution in [2.24, 2.45) is 22.7 Å². The van der Waals surface area contributed by atoms with Crippen LogP contribution in [-0.2, 0) is 22.7 Å². The number of carbonyl (C=O) groups is 1. The maximum atomic E-state index is 12.7. The number of carbonyl (C=O) groups excluding carboxylic acids is 1. The van der Waals surface area contributed by atoms with E-state index in [1.54, 1.807) is 0 Å². The number of ether oxygens (including phenoxy) is 1. The van der Waals surface area contributed by atoms with Crippen molar-refractivity contribution in [3.63, 3.8) is 0 Å². The summed E-state index contributed by atoms with van der Waals surface area (Å²) in [7, 11) is 0. The third-order valence-electron chi connectivity index (χ3n) is 5.38. The van der Waals surface area contributed by atoms with Gasteiger partial charge >= 0.3 is 5.97 Å². The Morgan fingerprint density at radius 1 is 0.939 bits per heavy atom. The van der Waals surface area contributed by atoms with E-state index in [0.29, 0.717) is 12.4 Å². The molecule has 0 fully saturated rings. The minimum absolute atomic E-state index is 0.0946. The van der Waals surface area contributed by atoms with E-state index in [-0.39, 0.29) is 18.5 Å². The third kappa shape index (κ3) is 6.41. The van der Waals surface area contributed by atoms with Crippen LogP contribution in [-0.4, -0.2) is 17.8 Å². The Morgan fingerprint density at radius 2 is 1.61 bits per heavy atom. The number of hydrogen-bond donors (Lipinski definition) is 4. The van der Waals surface area contributed by atoms with E-state index >= 15 is 0 Å². The molecule has 33 heavy (non-hydrogen) atoms. The van der Waals surface area contributed by atoms with Gasteiger partial charge in [0.15, 0.2) is 5.84 Å². The first-order valence-corrected chi connectivity index (χ1v) is 10.9. The van der Waals surface area contributed by atoms with Gasteiger partial charge in [-0.1, -0.05) is 92.7 Å². The zero-order valence-electron chi connectivity index (χ0n) is 19.0. The van der Waals surface area contributed by atoms with Crippen LogP contribution in [0.1, 0.15) is 30.5 Å². The Bertz CT molecular complexity index is 1070. The lowest BCUT2D eigenvalue weighted by molar-refractivity contribution is -0.148. The highest BCUT2D eigenvalue weighted by atomic mass is 16.5. The molecule has 7 nitrogen and oxygen atoms in total. The average Bonchev–Trinajstić information content (AvgIpc) is 2.85. The SMILES string of the molecule is CC(C)C(NCc1ccc(-c2ccccc2C(=NN)NN)cc1)C(=O)OCc1ccccc1. The fraction of sp³-hybridized carbons (Fsp3) is 0.231. The molecule has 0 saturated heterocycles. The van der Waals surface area contributed by atoms with E-state index < -0.39 is 6.04 Å². The van der Waals surface area contributed by atoms with E-state index in [1.165, 1.54) is 0 Å². The van der Waals surface area contributed by atoms with Gasteiger partial charge in [0, 0.05) is 12.1 Å². The summed E-state index contributed by atoms with van der Waals surface area (Å²) in [5.74, 6) is 11.3. The van der Waals surface area contributed by atoms with Crippen molar-refractivity contribution in [1.29, 1.82) is 0 Å². The molecule has 1 atom stereocenters. The van der Waals surface area contributed by atoms with Crippen molar-refractivity contribution in [1.82, 2.24) is 10.7 Å². The number of hydrogen-bond acceptors (Lipinski definition) is 6. The van der Waals surface area contributed by atoms with Crippen molar-refractivity contribution >= 4 is 11.8 Å². The molecule has 0 saturated carbocycles. The number of nitrogens with two attached hydrogens (primary N) is 2. The lowest BCUT2D eigenvalue weighted by Gasteiger charge is -2.21. The van der Waals surface area contributed by atoms with Gasteiger partial charge in [0.2, 0.25) is 0 Å². The summed E-state index contributed by atoms with van der Waals surface area (Å²) in [6.07, 6.45) is 0. The summed E-state index contributed by atoms with van der Waals surface area (Å²) in [4.78, 5) is 12.7. The molecule has 3 aromatic carbocycles. The van der Waals surface area contributed by atoms with Gasteiger partial charge in [0.25, 0.3) is 0 Å². The van der Waals surface area contributed by atoms with Crippen molar-refractivity contribution in [2.45, 2.75) is 33.0 Å². The Hall–Kier alpha value is -3.68. The molecule has 0 aliphatic carbocycles.